The van der Waals surface area contributed by atoms with Crippen LogP contribution in [-0.2, 0) is 4.79 Å². The molecule has 1 amide bonds. The Morgan fingerprint density at radius 3 is 2.59 bits per heavy atom. The summed E-state index contributed by atoms with van der Waals surface area (Å²) >= 11 is 4.99. The molecule has 0 aromatic rings. The Kier molecular flexibility index (Phi) is 4.92. The van der Waals surface area contributed by atoms with Crippen molar-refractivity contribution in [3.05, 3.63) is 0 Å². The summed E-state index contributed by atoms with van der Waals surface area (Å²) in [6.45, 7) is 6.80. The monoisotopic (exact) mass is 256 g/mol. The van der Waals surface area contributed by atoms with E-state index in [2.05, 4.69) is 12.2 Å². The second kappa shape index (κ2) is 5.80. The maximum Gasteiger partial charge on any atom is 0.232 e. The number of hydrogen-bond acceptors (Lipinski definition) is 2. The van der Waals surface area contributed by atoms with Crippen molar-refractivity contribution >= 4 is 23.1 Å². The Bertz CT molecular complexity index is 306. The van der Waals surface area contributed by atoms with Crippen LogP contribution in [0.4, 0.5) is 0 Å². The Hall–Kier alpha value is -0.640. The molecule has 1 fully saturated rings. The van der Waals surface area contributed by atoms with E-state index in [4.69, 9.17) is 18.0 Å². The summed E-state index contributed by atoms with van der Waals surface area (Å²) in [7, 11) is 0. The first-order valence-corrected chi connectivity index (χ1v) is 6.89. The van der Waals surface area contributed by atoms with Crippen LogP contribution >= 0.6 is 12.2 Å². The summed E-state index contributed by atoms with van der Waals surface area (Å²) in [5.74, 6) is 1.40. The van der Waals surface area contributed by atoms with E-state index in [0.29, 0.717) is 12.3 Å². The van der Waals surface area contributed by atoms with E-state index >= 15 is 0 Å². The largest absolute Gasteiger partial charge is 0.392 e. The van der Waals surface area contributed by atoms with Crippen LogP contribution in [0.5, 0.6) is 0 Å². The highest BCUT2D eigenvalue weighted by Gasteiger charge is 2.35. The number of nitrogens with two attached hydrogens (primary N) is 1. The number of rotatable bonds is 5. The first kappa shape index (κ1) is 14.4. The highest BCUT2D eigenvalue weighted by Crippen LogP contribution is 2.30. The molecule has 98 valence electrons. The Morgan fingerprint density at radius 2 is 2.18 bits per heavy atom. The minimum atomic E-state index is -0.695. The standard InChI is InChI=1S/C13H24N2OS/c1-4-13(3,11(14)17)12(16)15-8-10-6-5-9(2)7-10/h9-10H,4-8H2,1-3H3,(H2,14,17)(H,15,16). The molecular weight excluding hydrogens is 232 g/mol. The van der Waals surface area contributed by atoms with Gasteiger partial charge in [0.05, 0.1) is 10.4 Å². The number of thiocarbonyl (C=S) groups is 1. The molecule has 3 unspecified atom stereocenters. The predicted molar refractivity (Wildman–Crippen MR) is 74.7 cm³/mol. The van der Waals surface area contributed by atoms with Gasteiger partial charge in [-0.2, -0.15) is 0 Å². The minimum absolute atomic E-state index is 0.0212. The van der Waals surface area contributed by atoms with Crippen molar-refractivity contribution < 1.29 is 4.79 Å². The molecule has 3 N–H and O–H groups in total. The van der Waals surface area contributed by atoms with Crippen LogP contribution in [0.2, 0.25) is 0 Å². The quantitative estimate of drug-likeness (QED) is 0.742. The Balaban J connectivity index is 2.46. The fraction of sp³-hybridized carbons (Fsp3) is 0.846. The van der Waals surface area contributed by atoms with E-state index in [1.165, 1.54) is 19.3 Å². The van der Waals surface area contributed by atoms with Gasteiger partial charge in [0, 0.05) is 6.54 Å². The van der Waals surface area contributed by atoms with Gasteiger partial charge in [-0.25, -0.2) is 0 Å². The van der Waals surface area contributed by atoms with Crippen molar-refractivity contribution in [3.63, 3.8) is 0 Å². The van der Waals surface area contributed by atoms with Crippen LogP contribution in [0.25, 0.3) is 0 Å². The number of nitrogens with one attached hydrogen (secondary N) is 1. The second-order valence-electron chi connectivity index (χ2n) is 5.54. The maximum absolute atomic E-state index is 12.1. The van der Waals surface area contributed by atoms with Gasteiger partial charge < -0.3 is 11.1 Å². The van der Waals surface area contributed by atoms with Crippen LogP contribution < -0.4 is 11.1 Å². The number of carbonyl (C=O) groups excluding carboxylic acids is 1. The van der Waals surface area contributed by atoms with Crippen molar-refractivity contribution in [1.82, 2.24) is 5.32 Å². The van der Waals surface area contributed by atoms with Gasteiger partial charge in [-0.1, -0.05) is 32.5 Å². The highest BCUT2D eigenvalue weighted by molar-refractivity contribution is 7.80. The topological polar surface area (TPSA) is 55.1 Å². The maximum atomic E-state index is 12.1. The van der Waals surface area contributed by atoms with E-state index in [0.717, 1.165) is 12.5 Å². The van der Waals surface area contributed by atoms with Gasteiger partial charge in [0.15, 0.2) is 0 Å². The third-order valence-electron chi connectivity index (χ3n) is 4.11. The Morgan fingerprint density at radius 1 is 1.53 bits per heavy atom. The SMILES string of the molecule is CCC(C)(C(=O)NCC1CCC(C)C1)C(N)=S. The fourth-order valence-electron chi connectivity index (χ4n) is 2.39. The zero-order chi connectivity index (χ0) is 13.1. The minimum Gasteiger partial charge on any atom is -0.392 e. The molecule has 1 saturated carbocycles. The third-order valence-corrected chi connectivity index (χ3v) is 4.56. The molecule has 17 heavy (non-hydrogen) atoms. The summed E-state index contributed by atoms with van der Waals surface area (Å²) in [6, 6.07) is 0. The molecule has 1 aliphatic rings. The number of hydrogen-bond donors (Lipinski definition) is 2. The average molecular weight is 256 g/mol. The van der Waals surface area contributed by atoms with Crippen molar-refractivity contribution in [1.29, 1.82) is 0 Å². The lowest BCUT2D eigenvalue weighted by Crippen LogP contribution is -2.47. The average Bonchev–Trinajstić information content (AvgIpc) is 2.70. The van der Waals surface area contributed by atoms with E-state index in [1.54, 1.807) is 0 Å². The van der Waals surface area contributed by atoms with Gasteiger partial charge >= 0.3 is 0 Å². The zero-order valence-corrected chi connectivity index (χ0v) is 11.9. The lowest BCUT2D eigenvalue weighted by atomic mass is 9.86. The first-order chi connectivity index (χ1) is 7.90. The molecule has 0 bridgehead atoms. The van der Waals surface area contributed by atoms with Crippen LogP contribution in [0.1, 0.15) is 46.5 Å². The zero-order valence-electron chi connectivity index (χ0n) is 11.1. The van der Waals surface area contributed by atoms with E-state index in [9.17, 15) is 4.79 Å². The highest BCUT2D eigenvalue weighted by atomic mass is 32.1. The molecule has 0 saturated heterocycles. The molecule has 1 aliphatic carbocycles. The molecule has 0 heterocycles. The molecule has 3 nitrogen and oxygen atoms in total. The van der Waals surface area contributed by atoms with Gasteiger partial charge in [-0.05, 0) is 38.0 Å². The third kappa shape index (κ3) is 3.41. The number of carbonyl (C=O) groups is 1. The van der Waals surface area contributed by atoms with Gasteiger partial charge in [0.1, 0.15) is 0 Å². The molecular formula is C13H24N2OS. The molecule has 0 spiro atoms. The summed E-state index contributed by atoms with van der Waals surface area (Å²) in [6.07, 6.45) is 4.36. The summed E-state index contributed by atoms with van der Waals surface area (Å²) in [4.78, 5) is 12.4. The smallest absolute Gasteiger partial charge is 0.232 e. The van der Waals surface area contributed by atoms with E-state index in [-0.39, 0.29) is 10.9 Å². The van der Waals surface area contributed by atoms with E-state index in [1.807, 2.05) is 13.8 Å². The molecule has 0 aromatic carbocycles. The normalized spacial score (nSPS) is 27.5. The van der Waals surface area contributed by atoms with Gasteiger partial charge in [0.2, 0.25) is 5.91 Å². The van der Waals surface area contributed by atoms with Crippen LogP contribution in [0, 0.1) is 17.3 Å². The van der Waals surface area contributed by atoms with Crippen molar-refractivity contribution in [2.45, 2.75) is 46.5 Å². The summed E-state index contributed by atoms with van der Waals surface area (Å²) < 4.78 is 0. The van der Waals surface area contributed by atoms with Crippen LogP contribution in [0.3, 0.4) is 0 Å². The first-order valence-electron chi connectivity index (χ1n) is 6.48. The van der Waals surface area contributed by atoms with Gasteiger partial charge in [-0.15, -0.1) is 0 Å². The number of amides is 1. The van der Waals surface area contributed by atoms with E-state index < -0.39 is 5.41 Å². The lowest BCUT2D eigenvalue weighted by Gasteiger charge is -2.26. The van der Waals surface area contributed by atoms with Crippen LogP contribution in [0.15, 0.2) is 0 Å². The second-order valence-corrected chi connectivity index (χ2v) is 5.98. The fourth-order valence-corrected chi connectivity index (χ4v) is 2.63. The molecule has 4 heteroatoms. The lowest BCUT2D eigenvalue weighted by molar-refractivity contribution is -0.127. The molecule has 0 radical (unpaired) electrons. The molecule has 0 aliphatic heterocycles. The van der Waals surface area contributed by atoms with Gasteiger partial charge in [0.25, 0.3) is 0 Å². The predicted octanol–water partition coefficient (Wildman–Crippen LogP) is 2.24. The molecule has 1 rings (SSSR count). The van der Waals surface area contributed by atoms with Crippen molar-refractivity contribution in [3.8, 4) is 0 Å². The van der Waals surface area contributed by atoms with Crippen LogP contribution in [-0.4, -0.2) is 17.4 Å². The van der Waals surface area contributed by atoms with Gasteiger partial charge in [-0.3, -0.25) is 4.79 Å². The Labute approximate surface area is 110 Å². The summed E-state index contributed by atoms with van der Waals surface area (Å²) in [5, 5.41) is 3.01. The summed E-state index contributed by atoms with van der Waals surface area (Å²) in [5.41, 5.74) is 4.96. The molecule has 3 atom stereocenters. The van der Waals surface area contributed by atoms with Crippen molar-refractivity contribution in [2.75, 3.05) is 6.54 Å². The molecule has 0 aromatic heterocycles. The van der Waals surface area contributed by atoms with Crippen molar-refractivity contribution in [2.24, 2.45) is 23.0 Å².